The third kappa shape index (κ3) is 9.26. The Balaban J connectivity index is 0.000000708. The summed E-state index contributed by atoms with van der Waals surface area (Å²) in [4.78, 5) is 27.4. The number of unbranched alkanes of at least 4 members (excludes halogenated alkanes) is 1. The second-order valence-corrected chi connectivity index (χ2v) is 10.5. The van der Waals surface area contributed by atoms with Crippen LogP contribution in [-0.4, -0.2) is 48.3 Å². The summed E-state index contributed by atoms with van der Waals surface area (Å²) in [6.45, 7) is 6.94. The van der Waals surface area contributed by atoms with Gasteiger partial charge >= 0.3 is 18.1 Å². The standard InChI is InChI=1S/C25H29N3O4S.C2HF3O2/c1-4-5-13-28(17-20-9-7-6-8-10-20)24-23(25(29)30)15-21(16-26-24)27-33(31,32)22-12-11-18(2)19(3)14-22;3-2(4,5)1(6)7/h6-12,14-16,27H,4-5,13,17H2,1-3H3,(H,29,30);(H,6,7). The molecule has 0 saturated heterocycles. The molecule has 0 aliphatic heterocycles. The summed E-state index contributed by atoms with van der Waals surface area (Å²) >= 11 is 0. The molecule has 3 rings (SSSR count). The van der Waals surface area contributed by atoms with Gasteiger partial charge < -0.3 is 15.1 Å². The Hall–Kier alpha value is -4.13. The van der Waals surface area contributed by atoms with Crippen molar-refractivity contribution in [3.63, 3.8) is 0 Å². The second-order valence-electron chi connectivity index (χ2n) is 8.82. The Labute approximate surface area is 230 Å². The van der Waals surface area contributed by atoms with E-state index < -0.39 is 28.1 Å². The summed E-state index contributed by atoms with van der Waals surface area (Å²) in [5.41, 5.74) is 2.92. The quantitative estimate of drug-likeness (QED) is 0.280. The van der Waals surface area contributed by atoms with Crippen molar-refractivity contribution < 1.29 is 41.4 Å². The monoisotopic (exact) mass is 581 g/mol. The minimum Gasteiger partial charge on any atom is -0.478 e. The summed E-state index contributed by atoms with van der Waals surface area (Å²) in [6, 6.07) is 15.9. The Kier molecular flexibility index (Phi) is 11.1. The summed E-state index contributed by atoms with van der Waals surface area (Å²) in [5.74, 6) is -3.61. The number of carboxylic acid groups (broad SMARTS) is 2. The summed E-state index contributed by atoms with van der Waals surface area (Å²) in [6.07, 6.45) is -1.90. The van der Waals surface area contributed by atoms with Crippen LogP contribution in [0.4, 0.5) is 24.7 Å². The van der Waals surface area contributed by atoms with Crippen LogP contribution in [0.3, 0.4) is 0 Å². The molecule has 0 bridgehead atoms. The van der Waals surface area contributed by atoms with Crippen LogP contribution in [0, 0.1) is 13.8 Å². The van der Waals surface area contributed by atoms with E-state index in [-0.39, 0.29) is 16.1 Å². The van der Waals surface area contributed by atoms with Gasteiger partial charge in [-0.3, -0.25) is 4.72 Å². The van der Waals surface area contributed by atoms with Gasteiger partial charge in [-0.2, -0.15) is 13.2 Å². The minimum absolute atomic E-state index is 0.0534. The minimum atomic E-state index is -5.08. The van der Waals surface area contributed by atoms with Crippen LogP contribution in [-0.2, 0) is 21.4 Å². The fourth-order valence-electron chi connectivity index (χ4n) is 3.43. The summed E-state index contributed by atoms with van der Waals surface area (Å²) < 4.78 is 59.9. The lowest BCUT2D eigenvalue weighted by Gasteiger charge is -2.25. The normalized spacial score (nSPS) is 11.2. The number of nitrogens with one attached hydrogen (secondary N) is 1. The number of pyridine rings is 1. The van der Waals surface area contributed by atoms with Crippen molar-refractivity contribution >= 4 is 33.5 Å². The fourth-order valence-corrected chi connectivity index (χ4v) is 4.55. The number of alkyl halides is 3. The lowest BCUT2D eigenvalue weighted by molar-refractivity contribution is -0.192. The highest BCUT2D eigenvalue weighted by Crippen LogP contribution is 2.26. The molecule has 0 fully saturated rings. The van der Waals surface area contributed by atoms with Gasteiger partial charge in [-0.25, -0.2) is 23.0 Å². The first-order valence-corrected chi connectivity index (χ1v) is 13.6. The third-order valence-corrected chi connectivity index (χ3v) is 7.06. The predicted molar refractivity (Wildman–Crippen MR) is 144 cm³/mol. The molecule has 1 heterocycles. The van der Waals surface area contributed by atoms with Crippen molar-refractivity contribution in [3.05, 3.63) is 83.0 Å². The molecule has 0 spiro atoms. The zero-order valence-corrected chi connectivity index (χ0v) is 22.9. The molecule has 0 atom stereocenters. The molecule has 0 radical (unpaired) electrons. The maximum atomic E-state index is 12.9. The van der Waals surface area contributed by atoms with E-state index in [1.54, 1.807) is 12.1 Å². The van der Waals surface area contributed by atoms with E-state index in [1.165, 1.54) is 18.3 Å². The van der Waals surface area contributed by atoms with E-state index in [2.05, 4.69) is 16.6 Å². The van der Waals surface area contributed by atoms with Gasteiger partial charge in [0.1, 0.15) is 11.4 Å². The Morgan fingerprint density at radius 3 is 2.15 bits per heavy atom. The number of hydrogen-bond donors (Lipinski definition) is 3. The highest BCUT2D eigenvalue weighted by molar-refractivity contribution is 7.92. The highest BCUT2D eigenvalue weighted by atomic mass is 32.2. The van der Waals surface area contributed by atoms with Crippen LogP contribution in [0.5, 0.6) is 0 Å². The van der Waals surface area contributed by atoms with Crippen LogP contribution in [0.25, 0.3) is 0 Å². The number of aliphatic carboxylic acids is 1. The van der Waals surface area contributed by atoms with E-state index in [0.717, 1.165) is 29.5 Å². The average molecular weight is 582 g/mol. The van der Waals surface area contributed by atoms with Gasteiger partial charge in [0.05, 0.1) is 16.8 Å². The van der Waals surface area contributed by atoms with Crippen molar-refractivity contribution in [1.29, 1.82) is 0 Å². The van der Waals surface area contributed by atoms with Gasteiger partial charge in [-0.1, -0.05) is 49.7 Å². The first-order valence-electron chi connectivity index (χ1n) is 12.1. The number of aromatic carboxylic acids is 1. The van der Waals surface area contributed by atoms with Crippen molar-refractivity contribution in [2.75, 3.05) is 16.2 Å². The van der Waals surface area contributed by atoms with Crippen molar-refractivity contribution in [2.24, 2.45) is 0 Å². The molecule has 216 valence electrons. The van der Waals surface area contributed by atoms with Crippen LogP contribution in [0.2, 0.25) is 0 Å². The molecule has 3 N–H and O–H groups in total. The molecule has 0 unspecified atom stereocenters. The molecule has 13 heteroatoms. The van der Waals surface area contributed by atoms with Gasteiger partial charge in [0.2, 0.25) is 0 Å². The second kappa shape index (κ2) is 13.8. The van der Waals surface area contributed by atoms with Crippen molar-refractivity contribution in [3.8, 4) is 0 Å². The summed E-state index contributed by atoms with van der Waals surface area (Å²) in [7, 11) is -3.89. The molecule has 0 saturated carbocycles. The molecular weight excluding hydrogens is 551 g/mol. The van der Waals surface area contributed by atoms with Crippen molar-refractivity contribution in [1.82, 2.24) is 4.98 Å². The maximum absolute atomic E-state index is 12.9. The van der Waals surface area contributed by atoms with Gasteiger partial charge in [-0.05, 0) is 55.2 Å². The molecule has 0 aliphatic carbocycles. The van der Waals surface area contributed by atoms with E-state index >= 15 is 0 Å². The SMILES string of the molecule is CCCCN(Cc1ccccc1)c1ncc(NS(=O)(=O)c2ccc(C)c(C)c2)cc1C(=O)O.O=C(O)C(F)(F)F. The Morgan fingerprint density at radius 2 is 1.62 bits per heavy atom. The molecule has 9 nitrogen and oxygen atoms in total. The first kappa shape index (κ1) is 32.1. The number of halogens is 3. The van der Waals surface area contributed by atoms with Gasteiger partial charge in [-0.15, -0.1) is 0 Å². The topological polar surface area (TPSA) is 137 Å². The number of hydrogen-bond acceptors (Lipinski definition) is 6. The average Bonchev–Trinajstić information content (AvgIpc) is 2.88. The number of benzene rings is 2. The zero-order chi connectivity index (χ0) is 30.1. The molecular formula is C27H30F3N3O6S. The molecule has 3 aromatic rings. The highest BCUT2D eigenvalue weighted by Gasteiger charge is 2.38. The molecule has 0 aliphatic rings. The lowest BCUT2D eigenvalue weighted by atomic mass is 10.1. The largest absolute Gasteiger partial charge is 0.490 e. The first-order chi connectivity index (χ1) is 18.7. The van der Waals surface area contributed by atoms with E-state index in [9.17, 15) is 31.5 Å². The van der Waals surface area contributed by atoms with Gasteiger partial charge in [0.25, 0.3) is 10.0 Å². The summed E-state index contributed by atoms with van der Waals surface area (Å²) in [5, 5.41) is 17.0. The van der Waals surface area contributed by atoms with E-state index in [0.29, 0.717) is 18.9 Å². The smallest absolute Gasteiger partial charge is 0.478 e. The van der Waals surface area contributed by atoms with Crippen LogP contribution in [0.1, 0.15) is 46.8 Å². The molecule has 40 heavy (non-hydrogen) atoms. The molecule has 2 aromatic carbocycles. The van der Waals surface area contributed by atoms with Crippen molar-refractivity contribution in [2.45, 2.75) is 51.2 Å². The number of carboxylic acids is 2. The van der Waals surface area contributed by atoms with Crippen LogP contribution < -0.4 is 9.62 Å². The van der Waals surface area contributed by atoms with Crippen LogP contribution in [0.15, 0.2) is 65.7 Å². The number of carbonyl (C=O) groups is 2. The number of sulfonamides is 1. The van der Waals surface area contributed by atoms with Gasteiger partial charge in [0, 0.05) is 13.1 Å². The third-order valence-electron chi connectivity index (χ3n) is 5.68. The lowest BCUT2D eigenvalue weighted by Crippen LogP contribution is -2.27. The van der Waals surface area contributed by atoms with Gasteiger partial charge in [0.15, 0.2) is 0 Å². The number of anilines is 2. The molecule has 1 aromatic heterocycles. The maximum Gasteiger partial charge on any atom is 0.490 e. The number of aryl methyl sites for hydroxylation is 2. The van der Waals surface area contributed by atoms with E-state index in [1.807, 2.05) is 49.1 Å². The van der Waals surface area contributed by atoms with E-state index in [4.69, 9.17) is 9.90 Å². The predicted octanol–water partition coefficient (Wildman–Crippen LogP) is 5.64. The molecule has 0 amide bonds. The van der Waals surface area contributed by atoms with Crippen LogP contribution >= 0.6 is 0 Å². The Bertz CT molecular complexity index is 1430. The number of rotatable bonds is 10. The number of aromatic nitrogens is 1. The number of nitrogens with zero attached hydrogens (tertiary/aromatic N) is 2. The zero-order valence-electron chi connectivity index (χ0n) is 22.1. The fraction of sp³-hybridized carbons (Fsp3) is 0.296. The Morgan fingerprint density at radius 1 is 1.00 bits per heavy atom.